The molecule has 0 saturated carbocycles. The first-order chi connectivity index (χ1) is 7.68. The molecule has 0 unspecified atom stereocenters. The Kier molecular flexibility index (Phi) is 3.31. The summed E-state index contributed by atoms with van der Waals surface area (Å²) in [7, 11) is 0. The summed E-state index contributed by atoms with van der Waals surface area (Å²) in [5.41, 5.74) is 3.72. The maximum absolute atomic E-state index is 6.15. The maximum Gasteiger partial charge on any atom is 0.0438 e. The van der Waals surface area contributed by atoms with Gasteiger partial charge in [0.1, 0.15) is 0 Å². The van der Waals surface area contributed by atoms with E-state index >= 15 is 0 Å². The van der Waals surface area contributed by atoms with E-state index in [2.05, 4.69) is 49.4 Å². The number of rotatable bonds is 2. The van der Waals surface area contributed by atoms with Crippen molar-refractivity contribution >= 4 is 11.6 Å². The zero-order valence-corrected chi connectivity index (χ0v) is 10.3. The Bertz CT molecular complexity index is 474. The van der Waals surface area contributed by atoms with E-state index in [-0.39, 0.29) is 0 Å². The molecule has 82 valence electrons. The summed E-state index contributed by atoms with van der Waals surface area (Å²) in [6.07, 6.45) is 0. The van der Waals surface area contributed by atoms with E-state index in [1.165, 1.54) is 11.1 Å². The molecule has 1 atom stereocenters. The average molecular weight is 231 g/mol. The fourth-order valence-corrected chi connectivity index (χ4v) is 2.00. The molecular formula is C15H15Cl. The standard InChI is InChI=1S/C15H15Cl/c1-11-8-9-14(10-15(11)16)12(2)13-6-4-3-5-7-13/h3-10,12H,1-2H3/t12-/m0/s1. The lowest BCUT2D eigenvalue weighted by Gasteiger charge is -2.13. The molecule has 0 N–H and O–H groups in total. The van der Waals surface area contributed by atoms with Crippen LogP contribution in [0.2, 0.25) is 5.02 Å². The van der Waals surface area contributed by atoms with Crippen molar-refractivity contribution in [1.29, 1.82) is 0 Å². The molecule has 16 heavy (non-hydrogen) atoms. The van der Waals surface area contributed by atoms with Gasteiger partial charge in [0.15, 0.2) is 0 Å². The summed E-state index contributed by atoms with van der Waals surface area (Å²) in [5, 5.41) is 0.847. The molecule has 0 radical (unpaired) electrons. The van der Waals surface area contributed by atoms with Crippen LogP contribution in [0.4, 0.5) is 0 Å². The summed E-state index contributed by atoms with van der Waals surface area (Å²) in [4.78, 5) is 0. The van der Waals surface area contributed by atoms with Gasteiger partial charge in [-0.2, -0.15) is 0 Å². The van der Waals surface area contributed by atoms with E-state index in [1.54, 1.807) is 0 Å². The van der Waals surface area contributed by atoms with Crippen LogP contribution in [0.5, 0.6) is 0 Å². The average Bonchev–Trinajstić information content (AvgIpc) is 2.33. The third-order valence-electron chi connectivity index (χ3n) is 3.00. The van der Waals surface area contributed by atoms with E-state index in [4.69, 9.17) is 11.6 Å². The lowest BCUT2D eigenvalue weighted by Crippen LogP contribution is -1.95. The van der Waals surface area contributed by atoms with Crippen molar-refractivity contribution in [3.63, 3.8) is 0 Å². The molecule has 0 aliphatic heterocycles. The molecule has 0 heterocycles. The second kappa shape index (κ2) is 4.71. The molecule has 0 spiro atoms. The normalized spacial score (nSPS) is 12.4. The van der Waals surface area contributed by atoms with Gasteiger partial charge in [0, 0.05) is 10.9 Å². The molecule has 0 amide bonds. The third kappa shape index (κ3) is 2.28. The van der Waals surface area contributed by atoms with Crippen molar-refractivity contribution in [3.05, 3.63) is 70.2 Å². The highest BCUT2D eigenvalue weighted by atomic mass is 35.5. The first kappa shape index (κ1) is 11.2. The second-order valence-corrected chi connectivity index (χ2v) is 4.55. The van der Waals surface area contributed by atoms with Gasteiger partial charge in [0.25, 0.3) is 0 Å². The van der Waals surface area contributed by atoms with Crippen LogP contribution in [-0.4, -0.2) is 0 Å². The Hall–Kier alpha value is -1.27. The molecule has 0 bridgehead atoms. The molecular weight excluding hydrogens is 216 g/mol. The second-order valence-electron chi connectivity index (χ2n) is 4.14. The van der Waals surface area contributed by atoms with E-state index in [0.29, 0.717) is 5.92 Å². The Balaban J connectivity index is 2.34. The van der Waals surface area contributed by atoms with Crippen LogP contribution < -0.4 is 0 Å². The third-order valence-corrected chi connectivity index (χ3v) is 3.40. The largest absolute Gasteiger partial charge is 0.0840 e. The minimum atomic E-state index is 0.388. The molecule has 0 saturated heterocycles. The number of hydrogen-bond donors (Lipinski definition) is 0. The molecule has 0 fully saturated rings. The highest BCUT2D eigenvalue weighted by Crippen LogP contribution is 2.27. The molecule has 1 heteroatoms. The van der Waals surface area contributed by atoms with Crippen LogP contribution in [-0.2, 0) is 0 Å². The monoisotopic (exact) mass is 230 g/mol. The van der Waals surface area contributed by atoms with E-state index in [9.17, 15) is 0 Å². The van der Waals surface area contributed by atoms with Crippen molar-refractivity contribution in [1.82, 2.24) is 0 Å². The van der Waals surface area contributed by atoms with Crippen LogP contribution >= 0.6 is 11.6 Å². The first-order valence-electron chi connectivity index (χ1n) is 5.49. The predicted molar refractivity (Wildman–Crippen MR) is 70.1 cm³/mol. The summed E-state index contributed by atoms with van der Waals surface area (Å²) in [6, 6.07) is 16.8. The zero-order chi connectivity index (χ0) is 11.5. The zero-order valence-electron chi connectivity index (χ0n) is 9.57. The fraction of sp³-hybridized carbons (Fsp3) is 0.200. The van der Waals surface area contributed by atoms with Gasteiger partial charge in [0.05, 0.1) is 0 Å². The lowest BCUT2D eigenvalue weighted by atomic mass is 9.93. The van der Waals surface area contributed by atoms with Crippen LogP contribution in [0.3, 0.4) is 0 Å². The Morgan fingerprint density at radius 1 is 0.938 bits per heavy atom. The highest BCUT2D eigenvalue weighted by Gasteiger charge is 2.08. The predicted octanol–water partition coefficient (Wildman–Crippen LogP) is 4.80. The van der Waals surface area contributed by atoms with Gasteiger partial charge in [-0.3, -0.25) is 0 Å². The molecule has 2 aromatic carbocycles. The Morgan fingerprint density at radius 2 is 1.62 bits per heavy atom. The van der Waals surface area contributed by atoms with Crippen LogP contribution in [0.15, 0.2) is 48.5 Å². The molecule has 2 rings (SSSR count). The molecule has 0 aliphatic carbocycles. The lowest BCUT2D eigenvalue weighted by molar-refractivity contribution is 0.921. The molecule has 0 aliphatic rings. The number of hydrogen-bond acceptors (Lipinski definition) is 0. The van der Waals surface area contributed by atoms with Gasteiger partial charge in [0.2, 0.25) is 0 Å². The van der Waals surface area contributed by atoms with Crippen LogP contribution in [0.25, 0.3) is 0 Å². The van der Waals surface area contributed by atoms with Gasteiger partial charge in [-0.05, 0) is 29.7 Å². The SMILES string of the molecule is Cc1ccc([C@@H](C)c2ccccc2)cc1Cl. The van der Waals surface area contributed by atoms with Gasteiger partial charge >= 0.3 is 0 Å². The quantitative estimate of drug-likeness (QED) is 0.695. The number of benzene rings is 2. The van der Waals surface area contributed by atoms with E-state index < -0.39 is 0 Å². The topological polar surface area (TPSA) is 0 Å². The highest BCUT2D eigenvalue weighted by molar-refractivity contribution is 6.31. The fourth-order valence-electron chi connectivity index (χ4n) is 1.81. The van der Waals surface area contributed by atoms with Crippen LogP contribution in [0, 0.1) is 6.92 Å². The van der Waals surface area contributed by atoms with E-state index in [1.807, 2.05) is 13.0 Å². The molecule has 2 aromatic rings. The van der Waals surface area contributed by atoms with Gasteiger partial charge in [-0.15, -0.1) is 0 Å². The summed E-state index contributed by atoms with van der Waals surface area (Å²) >= 11 is 6.15. The van der Waals surface area contributed by atoms with Crippen molar-refractivity contribution in [2.24, 2.45) is 0 Å². The Labute approximate surface area is 102 Å². The maximum atomic E-state index is 6.15. The summed E-state index contributed by atoms with van der Waals surface area (Å²) in [6.45, 7) is 4.23. The van der Waals surface area contributed by atoms with Gasteiger partial charge in [-0.25, -0.2) is 0 Å². The smallest absolute Gasteiger partial charge is 0.0438 e. The first-order valence-corrected chi connectivity index (χ1v) is 5.87. The summed E-state index contributed by atoms with van der Waals surface area (Å²) in [5.74, 6) is 0.388. The minimum Gasteiger partial charge on any atom is -0.0840 e. The van der Waals surface area contributed by atoms with Crippen molar-refractivity contribution in [2.75, 3.05) is 0 Å². The number of aryl methyl sites for hydroxylation is 1. The van der Waals surface area contributed by atoms with Gasteiger partial charge < -0.3 is 0 Å². The molecule has 0 aromatic heterocycles. The molecule has 0 nitrogen and oxygen atoms in total. The van der Waals surface area contributed by atoms with Crippen molar-refractivity contribution in [2.45, 2.75) is 19.8 Å². The van der Waals surface area contributed by atoms with Gasteiger partial charge in [-0.1, -0.05) is 61.0 Å². The van der Waals surface area contributed by atoms with Crippen LogP contribution in [0.1, 0.15) is 29.5 Å². The number of halogens is 1. The van der Waals surface area contributed by atoms with Crippen molar-refractivity contribution in [3.8, 4) is 0 Å². The summed E-state index contributed by atoms with van der Waals surface area (Å²) < 4.78 is 0. The minimum absolute atomic E-state index is 0.388. The van der Waals surface area contributed by atoms with Crippen molar-refractivity contribution < 1.29 is 0 Å². The Morgan fingerprint density at radius 3 is 2.25 bits per heavy atom. The van der Waals surface area contributed by atoms with E-state index in [0.717, 1.165) is 10.6 Å².